The van der Waals surface area contributed by atoms with Gasteiger partial charge in [0.2, 0.25) is 0 Å². The van der Waals surface area contributed by atoms with Gasteiger partial charge >= 0.3 is 5.97 Å². The second-order valence-corrected chi connectivity index (χ2v) is 15.5. The van der Waals surface area contributed by atoms with E-state index >= 15 is 0 Å². The summed E-state index contributed by atoms with van der Waals surface area (Å²) >= 11 is 0. The minimum Gasteiger partial charge on any atom is -0.481 e. The van der Waals surface area contributed by atoms with Crippen LogP contribution < -0.4 is 0 Å². The molecule has 5 nitrogen and oxygen atoms in total. The van der Waals surface area contributed by atoms with E-state index < -0.39 is 11.8 Å². The Balaban J connectivity index is 4.37. The highest BCUT2D eigenvalue weighted by Gasteiger charge is 2.26. The smallest absolute Gasteiger partial charge is 0.303 e. The Morgan fingerprint density at radius 2 is 0.906 bits per heavy atom. The zero-order valence-electron chi connectivity index (χ0n) is 35.5. The van der Waals surface area contributed by atoms with Crippen molar-refractivity contribution in [3.8, 4) is 0 Å². The van der Waals surface area contributed by atoms with Crippen molar-refractivity contribution in [3.63, 3.8) is 0 Å². The number of rotatable bonds is 42. The quantitative estimate of drug-likeness (QED) is 0.0370. The van der Waals surface area contributed by atoms with Crippen LogP contribution in [0.3, 0.4) is 0 Å². The van der Waals surface area contributed by atoms with E-state index in [1.807, 2.05) is 0 Å². The minimum absolute atomic E-state index is 0.267. The summed E-state index contributed by atoms with van der Waals surface area (Å²) in [6, 6.07) is 0. The Morgan fingerprint density at radius 1 is 0.509 bits per heavy atom. The number of allylic oxidation sites excluding steroid dienone is 8. The highest BCUT2D eigenvalue weighted by atomic mass is 16.6. The number of nitrogens with zero attached hydrogens (tertiary/aromatic N) is 1. The highest BCUT2D eigenvalue weighted by Crippen LogP contribution is 2.25. The number of hydrogen-bond acceptors (Lipinski definition) is 4. The average Bonchev–Trinajstić information content (AvgIpc) is 3.15. The summed E-state index contributed by atoms with van der Waals surface area (Å²) in [6.45, 7) is 10.2. The molecule has 0 rings (SSSR count). The van der Waals surface area contributed by atoms with E-state index in [-0.39, 0.29) is 6.42 Å². The second kappa shape index (κ2) is 41.5. The van der Waals surface area contributed by atoms with Gasteiger partial charge in [-0.1, -0.05) is 153 Å². The third-order valence-corrected chi connectivity index (χ3v) is 10.3. The van der Waals surface area contributed by atoms with Crippen molar-refractivity contribution < 1.29 is 19.7 Å². The van der Waals surface area contributed by atoms with E-state index in [0.717, 1.165) is 83.8 Å². The van der Waals surface area contributed by atoms with Gasteiger partial charge in [-0.2, -0.15) is 0 Å². The van der Waals surface area contributed by atoms with Gasteiger partial charge in [0, 0.05) is 25.8 Å². The van der Waals surface area contributed by atoms with E-state index in [4.69, 9.17) is 9.84 Å². The van der Waals surface area contributed by atoms with Gasteiger partial charge in [0.25, 0.3) is 0 Å². The first-order valence-electron chi connectivity index (χ1n) is 22.9. The molecule has 0 heterocycles. The van der Waals surface area contributed by atoms with Crippen LogP contribution in [0.2, 0.25) is 0 Å². The van der Waals surface area contributed by atoms with E-state index in [2.05, 4.69) is 74.3 Å². The van der Waals surface area contributed by atoms with Crippen molar-refractivity contribution in [2.24, 2.45) is 0 Å². The van der Waals surface area contributed by atoms with Gasteiger partial charge in [-0.3, -0.25) is 4.79 Å². The number of carboxylic acid groups (broad SMARTS) is 1. The van der Waals surface area contributed by atoms with Crippen LogP contribution in [-0.2, 0) is 9.53 Å². The molecule has 0 saturated heterocycles. The lowest BCUT2D eigenvalue weighted by Crippen LogP contribution is -2.34. The maximum atomic E-state index is 11.6. The molecule has 53 heavy (non-hydrogen) atoms. The zero-order valence-corrected chi connectivity index (χ0v) is 35.5. The summed E-state index contributed by atoms with van der Waals surface area (Å²) in [7, 11) is 0. The molecule has 0 fully saturated rings. The molecule has 0 radical (unpaired) electrons. The Morgan fingerprint density at radius 3 is 1.34 bits per heavy atom. The Bertz CT molecular complexity index is 831. The van der Waals surface area contributed by atoms with Crippen molar-refractivity contribution in [2.75, 3.05) is 26.2 Å². The van der Waals surface area contributed by atoms with Gasteiger partial charge in [0.15, 0.2) is 5.79 Å². The molecular weight excluding hydrogens is 655 g/mol. The number of hydrogen-bond donors (Lipinski definition) is 2. The number of ether oxygens (including phenoxy) is 1. The lowest BCUT2D eigenvalue weighted by atomic mass is 9.98. The molecule has 0 amide bonds. The van der Waals surface area contributed by atoms with E-state index in [1.54, 1.807) is 0 Å². The monoisotopic (exact) mass is 744 g/mol. The fraction of sp³-hybridized carbons (Fsp3) is 0.812. The maximum absolute atomic E-state index is 11.6. The molecule has 5 heteroatoms. The van der Waals surface area contributed by atoms with Gasteiger partial charge in [0.1, 0.15) is 0 Å². The van der Waals surface area contributed by atoms with Crippen molar-refractivity contribution in [3.05, 3.63) is 48.6 Å². The summed E-state index contributed by atoms with van der Waals surface area (Å²) in [5.41, 5.74) is 0. The number of carboxylic acids is 1. The molecule has 0 aliphatic rings. The lowest BCUT2D eigenvalue weighted by Gasteiger charge is -2.29. The second-order valence-electron chi connectivity index (χ2n) is 15.5. The summed E-state index contributed by atoms with van der Waals surface area (Å²) in [4.78, 5) is 13.2. The fourth-order valence-electron chi connectivity index (χ4n) is 6.81. The molecule has 0 atom stereocenters. The molecule has 0 bridgehead atoms. The zero-order chi connectivity index (χ0) is 38.8. The third kappa shape index (κ3) is 39.8. The first-order chi connectivity index (χ1) is 26.0. The molecule has 0 aromatic rings. The van der Waals surface area contributed by atoms with Gasteiger partial charge in [-0.05, 0) is 109 Å². The topological polar surface area (TPSA) is 70.0 Å². The molecule has 0 spiro atoms. The number of aliphatic hydroxyl groups is 1. The highest BCUT2D eigenvalue weighted by molar-refractivity contribution is 5.66. The largest absolute Gasteiger partial charge is 0.481 e. The first-order valence-corrected chi connectivity index (χ1v) is 22.9. The normalized spacial score (nSPS) is 12.6. The Kier molecular flexibility index (Phi) is 40.2. The molecule has 0 aromatic heterocycles. The van der Waals surface area contributed by atoms with Crippen molar-refractivity contribution in [2.45, 2.75) is 226 Å². The van der Waals surface area contributed by atoms with Crippen LogP contribution in [0.5, 0.6) is 0 Å². The molecule has 0 saturated carbocycles. The first kappa shape index (κ1) is 51.3. The summed E-state index contributed by atoms with van der Waals surface area (Å²) in [5, 5.41) is 20.5. The number of carbonyl (C=O) groups is 1. The average molecular weight is 744 g/mol. The minimum atomic E-state index is -1.00. The number of aliphatic carboxylic acids is 1. The molecule has 0 unspecified atom stereocenters. The van der Waals surface area contributed by atoms with Crippen LogP contribution in [-0.4, -0.2) is 53.1 Å². The summed E-state index contributed by atoms with van der Waals surface area (Å²) < 4.78 is 6.28. The predicted octanol–water partition coefficient (Wildman–Crippen LogP) is 14.5. The van der Waals surface area contributed by atoms with Crippen LogP contribution >= 0.6 is 0 Å². The third-order valence-electron chi connectivity index (χ3n) is 10.3. The van der Waals surface area contributed by atoms with Gasteiger partial charge in [-0.15, -0.1) is 0 Å². The Labute approximate surface area is 330 Å². The molecule has 0 aromatic carbocycles. The number of unbranched alkanes of at least 4 members (excludes halogenated alkanes) is 20. The SMILES string of the molecule is CCCCC/C=C\C/C=C\CCCCCCCCC(O)(CCCCCCCC/C=C\C/C=C\CCCCC)OCCCN(CC)CCCCCC(=O)O. The van der Waals surface area contributed by atoms with Crippen molar-refractivity contribution in [1.29, 1.82) is 0 Å². The van der Waals surface area contributed by atoms with Crippen LogP contribution in [0.1, 0.15) is 220 Å². The van der Waals surface area contributed by atoms with Crippen molar-refractivity contribution >= 4 is 5.97 Å². The van der Waals surface area contributed by atoms with Gasteiger partial charge in [0.05, 0.1) is 6.61 Å². The van der Waals surface area contributed by atoms with E-state index in [0.29, 0.717) is 6.61 Å². The van der Waals surface area contributed by atoms with Gasteiger partial charge in [-0.25, -0.2) is 0 Å². The summed E-state index contributed by atoms with van der Waals surface area (Å²) in [5.74, 6) is -1.70. The van der Waals surface area contributed by atoms with E-state index in [9.17, 15) is 9.90 Å². The maximum Gasteiger partial charge on any atom is 0.303 e. The van der Waals surface area contributed by atoms with Crippen LogP contribution in [0.15, 0.2) is 48.6 Å². The van der Waals surface area contributed by atoms with Crippen molar-refractivity contribution in [1.82, 2.24) is 4.90 Å². The predicted molar refractivity (Wildman–Crippen MR) is 232 cm³/mol. The lowest BCUT2D eigenvalue weighted by molar-refractivity contribution is -0.214. The molecule has 310 valence electrons. The molecule has 0 aliphatic heterocycles. The fourth-order valence-corrected chi connectivity index (χ4v) is 6.81. The van der Waals surface area contributed by atoms with Crippen LogP contribution in [0.25, 0.3) is 0 Å². The standard InChI is InChI=1S/C48H89NO4/c1-4-7-9-11-13-15-17-19-21-23-25-27-29-31-33-37-42-48(52,53-46-40-45-49(6-3)44-39-35-36-41-47(50)51)43-38-34-32-30-28-26-24-22-20-18-16-14-12-10-8-5-2/h13-16,19-22,52H,4-12,17-18,23-46H2,1-3H3,(H,50,51)/b15-13-,16-14-,21-19-,22-20-. The molecule has 2 N–H and O–H groups in total. The molecular formula is C48H89NO4. The summed E-state index contributed by atoms with van der Waals surface area (Å²) in [6.07, 6.45) is 53.4. The van der Waals surface area contributed by atoms with E-state index in [1.165, 1.54) is 128 Å². The molecule has 0 aliphatic carbocycles. The van der Waals surface area contributed by atoms with Gasteiger partial charge < -0.3 is 19.8 Å². The van der Waals surface area contributed by atoms with Crippen LogP contribution in [0, 0.1) is 0 Å². The Hall–Kier alpha value is -1.69. The van der Waals surface area contributed by atoms with Crippen LogP contribution in [0.4, 0.5) is 0 Å².